The molecule has 0 spiro atoms. The summed E-state index contributed by atoms with van der Waals surface area (Å²) in [6.07, 6.45) is 3.11. The van der Waals surface area contributed by atoms with Crippen molar-refractivity contribution in [3.05, 3.63) is 72.6 Å². The van der Waals surface area contributed by atoms with Gasteiger partial charge in [-0.05, 0) is 48.5 Å². The molecular weight excluding hydrogens is 268 g/mol. The van der Waals surface area contributed by atoms with Gasteiger partial charge in [-0.1, -0.05) is 0 Å². The minimum atomic E-state index is -0.267. The van der Waals surface area contributed by atoms with E-state index in [1.807, 2.05) is 36.4 Å². The molecule has 0 aliphatic carbocycles. The summed E-state index contributed by atoms with van der Waals surface area (Å²) in [5.41, 5.74) is 1.65. The average molecular weight is 282 g/mol. The van der Waals surface area contributed by atoms with Crippen molar-refractivity contribution in [2.45, 2.75) is 6.54 Å². The van der Waals surface area contributed by atoms with Gasteiger partial charge in [-0.15, -0.1) is 0 Å². The highest BCUT2D eigenvalue weighted by atomic mass is 16.3. The Morgan fingerprint density at radius 1 is 0.905 bits per heavy atom. The van der Waals surface area contributed by atoms with Crippen molar-refractivity contribution in [3.8, 4) is 0 Å². The van der Waals surface area contributed by atoms with E-state index in [9.17, 15) is 4.79 Å². The Labute approximate surface area is 121 Å². The van der Waals surface area contributed by atoms with Crippen LogP contribution in [0.15, 0.2) is 69.9 Å². The van der Waals surface area contributed by atoms with Crippen molar-refractivity contribution in [2.24, 2.45) is 0 Å². The average Bonchev–Trinajstić information content (AvgIpc) is 3.20. The molecule has 2 heterocycles. The number of carbonyl (C=O) groups is 1. The van der Waals surface area contributed by atoms with E-state index in [0.717, 1.165) is 11.4 Å². The third kappa shape index (κ3) is 3.33. The van der Waals surface area contributed by atoms with Gasteiger partial charge in [-0.2, -0.15) is 0 Å². The summed E-state index contributed by atoms with van der Waals surface area (Å²) in [7, 11) is 0. The second-order valence-corrected chi connectivity index (χ2v) is 4.44. The standard InChI is InChI=1S/C16H14N2O3/c19-16(15-4-2-10-21-15)18-13-7-5-12(6-8-13)17-11-14-3-1-9-20-14/h1-10,17H,11H2,(H,18,19). The fourth-order valence-electron chi connectivity index (χ4n) is 1.87. The molecule has 106 valence electrons. The van der Waals surface area contributed by atoms with Crippen LogP contribution in [0.1, 0.15) is 16.3 Å². The summed E-state index contributed by atoms with van der Waals surface area (Å²) in [4.78, 5) is 11.8. The van der Waals surface area contributed by atoms with Gasteiger partial charge in [-0.3, -0.25) is 4.79 Å². The summed E-state index contributed by atoms with van der Waals surface area (Å²) < 4.78 is 10.3. The molecule has 0 bridgehead atoms. The number of amides is 1. The Morgan fingerprint density at radius 3 is 2.29 bits per heavy atom. The van der Waals surface area contributed by atoms with Gasteiger partial charge < -0.3 is 19.5 Å². The largest absolute Gasteiger partial charge is 0.467 e. The Balaban J connectivity index is 1.57. The van der Waals surface area contributed by atoms with Crippen LogP contribution in [0.3, 0.4) is 0 Å². The topological polar surface area (TPSA) is 67.4 Å². The predicted octanol–water partition coefficient (Wildman–Crippen LogP) is 3.74. The fraction of sp³-hybridized carbons (Fsp3) is 0.0625. The van der Waals surface area contributed by atoms with Crippen LogP contribution in [0.4, 0.5) is 11.4 Å². The van der Waals surface area contributed by atoms with Crippen molar-refractivity contribution in [1.29, 1.82) is 0 Å². The van der Waals surface area contributed by atoms with E-state index in [1.165, 1.54) is 6.26 Å². The maximum Gasteiger partial charge on any atom is 0.291 e. The maximum atomic E-state index is 11.8. The van der Waals surface area contributed by atoms with E-state index in [0.29, 0.717) is 12.2 Å². The first kappa shape index (κ1) is 13.1. The van der Waals surface area contributed by atoms with Crippen LogP contribution in [0.25, 0.3) is 0 Å². The minimum Gasteiger partial charge on any atom is -0.467 e. The number of benzene rings is 1. The molecule has 3 rings (SSSR count). The first-order valence-corrected chi connectivity index (χ1v) is 6.52. The highest BCUT2D eigenvalue weighted by Gasteiger charge is 2.08. The summed E-state index contributed by atoms with van der Waals surface area (Å²) in [5.74, 6) is 0.886. The van der Waals surface area contributed by atoms with E-state index >= 15 is 0 Å². The highest BCUT2D eigenvalue weighted by molar-refractivity contribution is 6.02. The number of anilines is 2. The Kier molecular flexibility index (Phi) is 3.73. The number of carbonyl (C=O) groups excluding carboxylic acids is 1. The van der Waals surface area contributed by atoms with Crippen molar-refractivity contribution in [2.75, 3.05) is 10.6 Å². The van der Waals surface area contributed by atoms with E-state index in [4.69, 9.17) is 8.83 Å². The highest BCUT2D eigenvalue weighted by Crippen LogP contribution is 2.15. The van der Waals surface area contributed by atoms with E-state index < -0.39 is 0 Å². The molecule has 0 atom stereocenters. The molecule has 0 saturated heterocycles. The van der Waals surface area contributed by atoms with Gasteiger partial charge in [0, 0.05) is 11.4 Å². The predicted molar refractivity (Wildman–Crippen MR) is 79.1 cm³/mol. The van der Waals surface area contributed by atoms with Crippen LogP contribution in [0.5, 0.6) is 0 Å². The molecule has 0 radical (unpaired) electrons. The summed E-state index contributed by atoms with van der Waals surface area (Å²) in [6.45, 7) is 0.616. The second kappa shape index (κ2) is 6.00. The van der Waals surface area contributed by atoms with Gasteiger partial charge in [0.25, 0.3) is 5.91 Å². The zero-order valence-corrected chi connectivity index (χ0v) is 11.2. The number of hydrogen-bond donors (Lipinski definition) is 2. The fourth-order valence-corrected chi connectivity index (χ4v) is 1.87. The smallest absolute Gasteiger partial charge is 0.291 e. The lowest BCUT2D eigenvalue weighted by Crippen LogP contribution is -2.10. The van der Waals surface area contributed by atoms with E-state index in [-0.39, 0.29) is 11.7 Å². The molecule has 0 fully saturated rings. The normalized spacial score (nSPS) is 10.3. The molecule has 3 aromatic rings. The molecule has 21 heavy (non-hydrogen) atoms. The zero-order chi connectivity index (χ0) is 14.5. The van der Waals surface area contributed by atoms with Crippen molar-refractivity contribution >= 4 is 17.3 Å². The van der Waals surface area contributed by atoms with Crippen molar-refractivity contribution < 1.29 is 13.6 Å². The SMILES string of the molecule is O=C(Nc1ccc(NCc2ccco2)cc1)c1ccco1. The summed E-state index contributed by atoms with van der Waals surface area (Å²) >= 11 is 0. The number of furan rings is 2. The van der Waals surface area contributed by atoms with E-state index in [2.05, 4.69) is 10.6 Å². The van der Waals surface area contributed by atoms with Crippen molar-refractivity contribution in [1.82, 2.24) is 0 Å². The monoisotopic (exact) mass is 282 g/mol. The Bertz CT molecular complexity index is 686. The van der Waals surface area contributed by atoms with Crippen molar-refractivity contribution in [3.63, 3.8) is 0 Å². The summed E-state index contributed by atoms with van der Waals surface area (Å²) in [5, 5.41) is 5.99. The molecular formula is C16H14N2O3. The number of hydrogen-bond acceptors (Lipinski definition) is 4. The van der Waals surface area contributed by atoms with Crippen LogP contribution in [0.2, 0.25) is 0 Å². The molecule has 2 N–H and O–H groups in total. The van der Waals surface area contributed by atoms with E-state index in [1.54, 1.807) is 18.4 Å². The van der Waals surface area contributed by atoms with Gasteiger partial charge in [-0.25, -0.2) is 0 Å². The van der Waals surface area contributed by atoms with Gasteiger partial charge in [0.05, 0.1) is 19.1 Å². The molecule has 0 saturated carbocycles. The third-order valence-electron chi connectivity index (χ3n) is 2.93. The molecule has 2 aromatic heterocycles. The molecule has 0 aliphatic rings. The first-order chi connectivity index (χ1) is 10.3. The van der Waals surface area contributed by atoms with Crippen LogP contribution in [0, 0.1) is 0 Å². The van der Waals surface area contributed by atoms with Crippen LogP contribution < -0.4 is 10.6 Å². The van der Waals surface area contributed by atoms with Crippen LogP contribution in [-0.2, 0) is 6.54 Å². The second-order valence-electron chi connectivity index (χ2n) is 4.44. The molecule has 0 aliphatic heterocycles. The van der Waals surface area contributed by atoms with Crippen LogP contribution in [-0.4, -0.2) is 5.91 Å². The molecule has 5 nitrogen and oxygen atoms in total. The lowest BCUT2D eigenvalue weighted by Gasteiger charge is -2.07. The van der Waals surface area contributed by atoms with Gasteiger partial charge in [0.15, 0.2) is 5.76 Å². The first-order valence-electron chi connectivity index (χ1n) is 6.52. The number of nitrogens with one attached hydrogen (secondary N) is 2. The molecule has 1 aromatic carbocycles. The maximum absolute atomic E-state index is 11.8. The lowest BCUT2D eigenvalue weighted by molar-refractivity contribution is 0.0996. The minimum absolute atomic E-state index is 0.267. The quantitative estimate of drug-likeness (QED) is 0.748. The number of rotatable bonds is 5. The molecule has 1 amide bonds. The molecule has 5 heteroatoms. The molecule has 0 unspecified atom stereocenters. The third-order valence-corrected chi connectivity index (χ3v) is 2.93. The van der Waals surface area contributed by atoms with Crippen LogP contribution >= 0.6 is 0 Å². The zero-order valence-electron chi connectivity index (χ0n) is 11.2. The van der Waals surface area contributed by atoms with Gasteiger partial charge in [0.2, 0.25) is 0 Å². The lowest BCUT2D eigenvalue weighted by atomic mass is 10.2. The Hall–Kier alpha value is -2.95. The van der Waals surface area contributed by atoms with Gasteiger partial charge in [0.1, 0.15) is 5.76 Å². The summed E-state index contributed by atoms with van der Waals surface area (Å²) in [6, 6.07) is 14.5. The van der Waals surface area contributed by atoms with Gasteiger partial charge >= 0.3 is 0 Å². The Morgan fingerprint density at radius 2 is 1.62 bits per heavy atom.